The number of nitrogens with one attached hydrogen (secondary N) is 4. The molecular weight excluding hydrogens is 1350 g/mol. The predicted molar refractivity (Wildman–Crippen MR) is 347 cm³/mol. The third-order valence-corrected chi connectivity index (χ3v) is 24.0. The quantitative estimate of drug-likeness (QED) is 0.0188. The summed E-state index contributed by atoms with van der Waals surface area (Å²) in [4.78, 5) is 37.9. The summed E-state index contributed by atoms with van der Waals surface area (Å²) in [5.41, 5.74) is -1.76. The van der Waals surface area contributed by atoms with E-state index in [1.54, 1.807) is 32.3 Å². The van der Waals surface area contributed by atoms with Crippen LogP contribution in [0.1, 0.15) is 90.7 Å². The average Bonchev–Trinajstić information content (AvgIpc) is 1.61. The maximum atomic E-state index is 15.0. The Morgan fingerprint density at radius 1 is 0.567 bits per heavy atom. The van der Waals surface area contributed by atoms with Crippen molar-refractivity contribution in [3.63, 3.8) is 0 Å². The molecule has 4 aliphatic rings. The molecule has 7 N–H and O–H groups in total. The molecule has 0 saturated heterocycles. The van der Waals surface area contributed by atoms with Gasteiger partial charge in [0, 0.05) is 72.4 Å². The minimum absolute atomic E-state index is 0.0105. The fourth-order valence-corrected chi connectivity index (χ4v) is 18.4. The van der Waals surface area contributed by atoms with Crippen LogP contribution in [0.4, 0.5) is 54.3 Å². The minimum atomic E-state index is -4.19. The number of sulfone groups is 2. The number of nitrogens with zero attached hydrogens (tertiary/aromatic N) is 8. The van der Waals surface area contributed by atoms with E-state index in [-0.39, 0.29) is 99.7 Å². The van der Waals surface area contributed by atoms with Crippen LogP contribution < -0.4 is 21.3 Å². The number of hydrogen-bond acceptors (Lipinski definition) is 22. The van der Waals surface area contributed by atoms with E-state index in [0.717, 1.165) is 95.2 Å². The van der Waals surface area contributed by atoms with Crippen LogP contribution in [0, 0.1) is 66.4 Å². The zero-order valence-corrected chi connectivity index (χ0v) is 54.6. The number of aryl methyl sites for hydroxylation is 2. The molecule has 6 heterocycles. The standard InChI is InChI=1S/C66H59F7N12O8S4/c1-31-51(59(82-64(78-31)77-28-43-46(72)24-38(69)25-47(43)73)84-65(87)20-16-34(57(65)86)29-96(89,90)39-12-8-36(67)9-13-39)62-81-56-50(95-62)19-23-75-54(56)41-26-48(41)93-58-35(30-97(91,92)40-14-10-37(68)11-15-40)17-21-66(58,88)85-60-52(61-80-55-49(94-61)18-22-74-53(55)33-6-7-33)32(2)79-63(83-60)76-27-42-44(70)4-3-5-45(42)71/h3-5,8-15,18-19,22-25,33-35,41,48,57-58,86-88H,6-7,16-17,20-21,26-30H2,1-2H3,(H2,76,79,83,85)(H2,77,78,82,84). The number of fused-ring (bicyclic) bond motifs is 2. The number of thiazole rings is 2. The van der Waals surface area contributed by atoms with Crippen molar-refractivity contribution in [2.75, 3.05) is 32.8 Å². The average molecular weight is 1410 g/mol. The van der Waals surface area contributed by atoms with E-state index >= 15 is 8.78 Å². The van der Waals surface area contributed by atoms with Gasteiger partial charge in [-0.2, -0.15) is 9.97 Å². The van der Waals surface area contributed by atoms with E-state index in [4.69, 9.17) is 29.7 Å². The molecule has 14 rings (SSSR count). The molecule has 504 valence electrons. The van der Waals surface area contributed by atoms with Crippen LogP contribution in [0.25, 0.3) is 41.6 Å². The maximum absolute atomic E-state index is 15.0. The van der Waals surface area contributed by atoms with Crippen molar-refractivity contribution in [1.29, 1.82) is 0 Å². The summed E-state index contributed by atoms with van der Waals surface area (Å²) in [6, 6.07) is 16.6. The number of rotatable bonds is 22. The number of anilines is 4. The lowest BCUT2D eigenvalue weighted by Gasteiger charge is -2.34. The van der Waals surface area contributed by atoms with Crippen LogP contribution in [0.5, 0.6) is 0 Å². The van der Waals surface area contributed by atoms with Crippen molar-refractivity contribution >= 4 is 86.3 Å². The fourth-order valence-electron chi connectivity index (χ4n) is 12.9. The van der Waals surface area contributed by atoms with Crippen molar-refractivity contribution in [2.45, 2.75) is 123 Å². The van der Waals surface area contributed by atoms with Crippen LogP contribution in [0.15, 0.2) is 113 Å². The SMILES string of the molecule is Cc1nc(NCc2c(F)cccc2F)nc(NC2(O)CCC(CS(=O)(=O)c3ccc(F)cc3)C2OC2CC2c2nccc3sc(-c4c(C)nc(NCc5c(F)cc(F)cc5F)nc4NC4(O)CCC(CS(=O)(=O)c5ccc(F)cc5)C4O)nc23)c1-c1nc2c(C3CC3)nccc2s1. The smallest absolute Gasteiger partial charge is 0.225 e. The zero-order chi connectivity index (χ0) is 68.0. The Morgan fingerprint density at radius 2 is 1.04 bits per heavy atom. The van der Waals surface area contributed by atoms with Crippen molar-refractivity contribution in [2.24, 2.45) is 11.8 Å². The second-order valence-corrected chi connectivity index (χ2v) is 31.0. The molecule has 6 aromatic heterocycles. The summed E-state index contributed by atoms with van der Waals surface area (Å²) >= 11 is 2.50. The van der Waals surface area contributed by atoms with Crippen molar-refractivity contribution in [3.8, 4) is 21.1 Å². The monoisotopic (exact) mass is 1410 g/mol. The van der Waals surface area contributed by atoms with Gasteiger partial charge in [-0.25, -0.2) is 67.5 Å². The Kier molecular flexibility index (Phi) is 17.3. The Labute approximate surface area is 557 Å². The fraction of sp³-hybridized carbons (Fsp3) is 0.333. The summed E-state index contributed by atoms with van der Waals surface area (Å²) in [7, 11) is -8.30. The second kappa shape index (κ2) is 25.5. The van der Waals surface area contributed by atoms with Crippen LogP contribution >= 0.6 is 22.7 Å². The highest BCUT2D eigenvalue weighted by molar-refractivity contribution is 7.91. The van der Waals surface area contributed by atoms with Gasteiger partial charge in [-0.15, -0.1) is 22.7 Å². The number of benzene rings is 4. The van der Waals surface area contributed by atoms with Crippen molar-refractivity contribution in [1.82, 2.24) is 39.9 Å². The van der Waals surface area contributed by atoms with Gasteiger partial charge >= 0.3 is 0 Å². The molecule has 31 heteroatoms. The maximum Gasteiger partial charge on any atom is 0.225 e. The largest absolute Gasteiger partial charge is 0.388 e. The van der Waals surface area contributed by atoms with Gasteiger partial charge in [-0.05, 0) is 132 Å². The third-order valence-electron chi connectivity index (χ3n) is 18.2. The van der Waals surface area contributed by atoms with E-state index < -0.39 is 132 Å². The van der Waals surface area contributed by atoms with Gasteiger partial charge in [0.25, 0.3) is 0 Å². The molecule has 8 unspecified atom stereocenters. The van der Waals surface area contributed by atoms with Gasteiger partial charge in [0.1, 0.15) is 85.6 Å². The number of pyridine rings is 2. The lowest BCUT2D eigenvalue weighted by atomic mass is 10.0. The molecule has 20 nitrogen and oxygen atoms in total. The van der Waals surface area contributed by atoms with Crippen molar-refractivity contribution in [3.05, 3.63) is 178 Å². The summed E-state index contributed by atoms with van der Waals surface area (Å²) in [5, 5.41) is 50.0. The van der Waals surface area contributed by atoms with Crippen molar-refractivity contribution < 1.29 is 67.6 Å². The van der Waals surface area contributed by atoms with E-state index in [2.05, 4.69) is 36.2 Å². The molecule has 4 fully saturated rings. The van der Waals surface area contributed by atoms with Gasteiger partial charge in [-0.3, -0.25) is 9.97 Å². The molecule has 10 aromatic rings. The van der Waals surface area contributed by atoms with E-state index in [1.165, 1.54) is 17.4 Å². The Hall–Kier alpha value is -8.43. The zero-order valence-electron chi connectivity index (χ0n) is 51.4. The summed E-state index contributed by atoms with van der Waals surface area (Å²) in [6.45, 7) is 2.32. The minimum Gasteiger partial charge on any atom is -0.388 e. The number of aromatic nitrogens is 8. The highest BCUT2D eigenvalue weighted by Crippen LogP contribution is 2.52. The molecule has 4 aliphatic carbocycles. The predicted octanol–water partition coefficient (Wildman–Crippen LogP) is 11.6. The Morgan fingerprint density at radius 3 is 1.58 bits per heavy atom. The lowest BCUT2D eigenvalue weighted by Crippen LogP contribution is -2.50. The van der Waals surface area contributed by atoms with Crippen LogP contribution in [-0.4, -0.2) is 113 Å². The summed E-state index contributed by atoms with van der Waals surface area (Å²) < 4.78 is 166. The van der Waals surface area contributed by atoms with E-state index in [0.29, 0.717) is 49.8 Å². The van der Waals surface area contributed by atoms with Gasteiger partial charge in [0.2, 0.25) is 11.9 Å². The normalized spacial score (nSPS) is 22.6. The van der Waals surface area contributed by atoms with Gasteiger partial charge < -0.3 is 41.3 Å². The summed E-state index contributed by atoms with van der Waals surface area (Å²) in [5.74, 6) is -10.3. The number of aliphatic hydroxyl groups excluding tert-OH is 1. The molecule has 97 heavy (non-hydrogen) atoms. The molecule has 0 aliphatic heterocycles. The first-order valence-electron chi connectivity index (χ1n) is 30.9. The van der Waals surface area contributed by atoms with Gasteiger partial charge in [-0.1, -0.05) is 6.07 Å². The van der Waals surface area contributed by atoms with E-state index in [1.807, 2.05) is 6.07 Å². The molecule has 0 spiro atoms. The Balaban J connectivity index is 0.797. The number of ether oxygens (including phenoxy) is 1. The number of aliphatic hydroxyl groups is 3. The second-order valence-electron chi connectivity index (χ2n) is 24.9. The Bertz CT molecular complexity index is 4940. The van der Waals surface area contributed by atoms with Crippen LogP contribution in [0.2, 0.25) is 0 Å². The van der Waals surface area contributed by atoms with Crippen LogP contribution in [0.3, 0.4) is 0 Å². The summed E-state index contributed by atoms with van der Waals surface area (Å²) in [6.07, 6.45) is 1.40. The molecular formula is C66H59F7N12O8S4. The number of halogens is 7. The first-order valence-corrected chi connectivity index (χ1v) is 35.9. The number of hydrogen-bond donors (Lipinski definition) is 7. The highest BCUT2D eigenvalue weighted by Gasteiger charge is 2.55. The third kappa shape index (κ3) is 13.2. The molecule has 4 saturated carbocycles. The first-order chi connectivity index (χ1) is 46.3. The molecule has 4 aromatic carbocycles. The highest BCUT2D eigenvalue weighted by atomic mass is 32.2. The molecule has 0 bridgehead atoms. The van der Waals surface area contributed by atoms with Gasteiger partial charge in [0.15, 0.2) is 31.1 Å². The first kappa shape index (κ1) is 65.8. The molecule has 0 radical (unpaired) electrons. The molecule has 0 amide bonds. The van der Waals surface area contributed by atoms with E-state index in [9.17, 15) is 54.1 Å². The van der Waals surface area contributed by atoms with Gasteiger partial charge in [0.05, 0.1) is 70.7 Å². The van der Waals surface area contributed by atoms with Crippen LogP contribution in [-0.2, 0) is 37.5 Å². The lowest BCUT2D eigenvalue weighted by molar-refractivity contribution is -0.0946. The molecule has 8 atom stereocenters. The topological polar surface area (TPSA) is 289 Å².